The Labute approximate surface area is 87.7 Å². The molecule has 15 heavy (non-hydrogen) atoms. The van der Waals surface area contributed by atoms with E-state index in [0.29, 0.717) is 12.0 Å². The summed E-state index contributed by atoms with van der Waals surface area (Å²) in [6.07, 6.45) is 1.37. The number of aryl methyl sites for hydroxylation is 2. The Morgan fingerprint density at radius 1 is 1.60 bits per heavy atom. The van der Waals surface area contributed by atoms with E-state index >= 15 is 0 Å². The van der Waals surface area contributed by atoms with Crippen LogP contribution in [0.25, 0.3) is 0 Å². The Bertz CT molecular complexity index is 414. The lowest BCUT2D eigenvalue weighted by Crippen LogP contribution is -2.27. The molecule has 0 radical (unpaired) electrons. The summed E-state index contributed by atoms with van der Waals surface area (Å²) in [5.74, 6) is -1.37. The molecule has 0 saturated carbocycles. The molecule has 1 N–H and O–H groups in total. The van der Waals surface area contributed by atoms with E-state index < -0.39 is 11.6 Å². The van der Waals surface area contributed by atoms with Gasteiger partial charge in [0.25, 0.3) is 0 Å². The average Bonchev–Trinajstić information content (AvgIpc) is 2.57. The highest BCUT2D eigenvalue weighted by Crippen LogP contribution is 2.41. The number of rotatable bonds is 2. The molecule has 1 aromatic carbocycles. The van der Waals surface area contributed by atoms with Gasteiger partial charge in [-0.3, -0.25) is 0 Å². The molecular weight excluding hydrogens is 195 g/mol. The van der Waals surface area contributed by atoms with Crippen molar-refractivity contribution in [3.05, 3.63) is 34.9 Å². The number of hydrogen-bond acceptors (Lipinski definition) is 1. The van der Waals surface area contributed by atoms with Gasteiger partial charge in [0, 0.05) is 12.0 Å². The number of carboxylic acids is 1. The normalized spacial score (nSPS) is 23.9. The van der Waals surface area contributed by atoms with Crippen molar-refractivity contribution in [1.82, 2.24) is 0 Å². The van der Waals surface area contributed by atoms with Gasteiger partial charge in [-0.2, -0.15) is 0 Å². The van der Waals surface area contributed by atoms with Gasteiger partial charge in [0.05, 0.1) is 0 Å². The van der Waals surface area contributed by atoms with Crippen LogP contribution in [0.3, 0.4) is 0 Å². The number of halogens is 1. The van der Waals surface area contributed by atoms with E-state index in [9.17, 15) is 9.18 Å². The fourth-order valence-corrected chi connectivity index (χ4v) is 2.09. The van der Waals surface area contributed by atoms with Gasteiger partial charge in [0.1, 0.15) is 0 Å². The molecular formula is C12H13FO2. The highest BCUT2D eigenvalue weighted by molar-refractivity contribution is 5.81. The zero-order valence-corrected chi connectivity index (χ0v) is 8.59. The van der Waals surface area contributed by atoms with Crippen LogP contribution in [0.15, 0.2) is 18.2 Å². The lowest BCUT2D eigenvalue weighted by Gasteiger charge is -2.15. The molecule has 0 fully saturated rings. The van der Waals surface area contributed by atoms with E-state index in [1.54, 1.807) is 6.07 Å². The summed E-state index contributed by atoms with van der Waals surface area (Å²) < 4.78 is 14.1. The Kier molecular flexibility index (Phi) is 2.25. The second-order valence-corrected chi connectivity index (χ2v) is 3.95. The number of benzene rings is 1. The van der Waals surface area contributed by atoms with Gasteiger partial charge in [0.2, 0.25) is 5.67 Å². The first-order valence-electron chi connectivity index (χ1n) is 5.12. The second kappa shape index (κ2) is 3.33. The quantitative estimate of drug-likeness (QED) is 0.810. The largest absolute Gasteiger partial charge is 0.479 e. The van der Waals surface area contributed by atoms with E-state index in [1.807, 2.05) is 19.1 Å². The molecule has 0 spiro atoms. The predicted octanol–water partition coefficient (Wildman–Crippen LogP) is 2.44. The van der Waals surface area contributed by atoms with E-state index in [-0.39, 0.29) is 6.42 Å². The highest BCUT2D eigenvalue weighted by Gasteiger charge is 2.46. The van der Waals surface area contributed by atoms with Gasteiger partial charge in [0.15, 0.2) is 0 Å². The van der Waals surface area contributed by atoms with Crippen LogP contribution in [0.2, 0.25) is 0 Å². The van der Waals surface area contributed by atoms with Gasteiger partial charge in [-0.1, -0.05) is 25.1 Å². The zero-order valence-electron chi connectivity index (χ0n) is 8.59. The molecule has 2 nitrogen and oxygen atoms in total. The maximum atomic E-state index is 14.1. The van der Waals surface area contributed by atoms with Gasteiger partial charge >= 0.3 is 5.97 Å². The third-order valence-corrected chi connectivity index (χ3v) is 3.09. The molecule has 0 saturated heterocycles. The summed E-state index contributed by atoms with van der Waals surface area (Å²) in [6.45, 7) is 1.97. The summed E-state index contributed by atoms with van der Waals surface area (Å²) >= 11 is 0. The van der Waals surface area contributed by atoms with Crippen molar-refractivity contribution < 1.29 is 14.3 Å². The molecule has 1 aromatic rings. The number of carboxylic acid groups (broad SMARTS) is 1. The molecule has 0 bridgehead atoms. The molecule has 0 aliphatic heterocycles. The minimum absolute atomic E-state index is 0.0604. The lowest BCUT2D eigenvalue weighted by molar-refractivity contribution is -0.151. The number of carbonyl (C=O) groups is 1. The Morgan fingerprint density at radius 2 is 2.33 bits per heavy atom. The number of alkyl halides is 1. The van der Waals surface area contributed by atoms with E-state index in [1.165, 1.54) is 0 Å². The van der Waals surface area contributed by atoms with Gasteiger partial charge in [-0.25, -0.2) is 9.18 Å². The molecule has 0 heterocycles. The number of fused-ring (bicyclic) bond motifs is 1. The molecule has 1 aliphatic carbocycles. The fourth-order valence-electron chi connectivity index (χ4n) is 2.09. The minimum Gasteiger partial charge on any atom is -0.479 e. The Morgan fingerprint density at radius 3 is 2.93 bits per heavy atom. The number of hydrogen-bond donors (Lipinski definition) is 1. The van der Waals surface area contributed by atoms with Crippen molar-refractivity contribution in [2.75, 3.05) is 0 Å². The molecule has 0 amide bonds. The van der Waals surface area contributed by atoms with Crippen LogP contribution in [0, 0.1) is 0 Å². The fraction of sp³-hybridized carbons (Fsp3) is 0.417. The third kappa shape index (κ3) is 1.42. The Balaban J connectivity index is 2.53. The molecule has 0 aromatic heterocycles. The van der Waals surface area contributed by atoms with Crippen LogP contribution < -0.4 is 0 Å². The first-order valence-corrected chi connectivity index (χ1v) is 5.12. The first kappa shape index (κ1) is 10.1. The molecule has 3 heteroatoms. The minimum atomic E-state index is -2.17. The highest BCUT2D eigenvalue weighted by atomic mass is 19.1. The maximum absolute atomic E-state index is 14.1. The van der Waals surface area contributed by atoms with Crippen molar-refractivity contribution in [2.45, 2.75) is 31.9 Å². The monoisotopic (exact) mass is 208 g/mol. The van der Waals surface area contributed by atoms with Crippen LogP contribution in [0.4, 0.5) is 4.39 Å². The van der Waals surface area contributed by atoms with Crippen molar-refractivity contribution in [3.8, 4) is 0 Å². The SMILES string of the molecule is CCc1ccc2c(c1)C(F)(C(=O)O)CC2. The van der Waals surface area contributed by atoms with E-state index in [0.717, 1.165) is 17.5 Å². The maximum Gasteiger partial charge on any atom is 0.346 e. The van der Waals surface area contributed by atoms with Crippen molar-refractivity contribution in [1.29, 1.82) is 0 Å². The molecule has 2 rings (SSSR count). The Hall–Kier alpha value is -1.38. The van der Waals surface area contributed by atoms with Crippen LogP contribution >= 0.6 is 0 Å². The summed E-state index contributed by atoms with van der Waals surface area (Å²) in [6, 6.07) is 5.47. The van der Waals surface area contributed by atoms with E-state index in [4.69, 9.17) is 5.11 Å². The predicted molar refractivity (Wildman–Crippen MR) is 54.6 cm³/mol. The zero-order chi connectivity index (χ0) is 11.1. The summed E-state index contributed by atoms with van der Waals surface area (Å²) in [5, 5.41) is 8.91. The third-order valence-electron chi connectivity index (χ3n) is 3.09. The molecule has 1 aliphatic rings. The standard InChI is InChI=1S/C12H13FO2/c1-2-8-3-4-9-5-6-12(13,11(14)15)10(9)7-8/h3-4,7H,2,5-6H2,1H3,(H,14,15). The van der Waals surface area contributed by atoms with Gasteiger partial charge in [-0.05, 0) is 24.0 Å². The van der Waals surface area contributed by atoms with E-state index in [2.05, 4.69) is 0 Å². The van der Waals surface area contributed by atoms with Gasteiger partial charge in [-0.15, -0.1) is 0 Å². The smallest absolute Gasteiger partial charge is 0.346 e. The summed E-state index contributed by atoms with van der Waals surface area (Å²) in [4.78, 5) is 10.9. The lowest BCUT2D eigenvalue weighted by atomic mass is 9.96. The summed E-state index contributed by atoms with van der Waals surface area (Å²) in [7, 11) is 0. The van der Waals surface area contributed by atoms with Crippen molar-refractivity contribution in [2.24, 2.45) is 0 Å². The topological polar surface area (TPSA) is 37.3 Å². The number of aliphatic carboxylic acids is 1. The summed E-state index contributed by atoms with van der Waals surface area (Å²) in [5.41, 5.74) is 0.00549. The van der Waals surface area contributed by atoms with Crippen molar-refractivity contribution in [3.63, 3.8) is 0 Å². The average molecular weight is 208 g/mol. The van der Waals surface area contributed by atoms with Gasteiger partial charge < -0.3 is 5.11 Å². The van der Waals surface area contributed by atoms with Crippen LogP contribution in [-0.4, -0.2) is 11.1 Å². The molecule has 1 atom stereocenters. The van der Waals surface area contributed by atoms with Crippen LogP contribution in [-0.2, 0) is 23.3 Å². The second-order valence-electron chi connectivity index (χ2n) is 3.95. The molecule has 1 unspecified atom stereocenters. The molecule has 80 valence electrons. The van der Waals surface area contributed by atoms with Crippen LogP contribution in [0.1, 0.15) is 30.0 Å². The van der Waals surface area contributed by atoms with Crippen molar-refractivity contribution >= 4 is 5.97 Å². The van der Waals surface area contributed by atoms with Crippen LogP contribution in [0.5, 0.6) is 0 Å². The first-order chi connectivity index (χ1) is 7.08.